The van der Waals surface area contributed by atoms with Crippen molar-refractivity contribution in [3.05, 3.63) is 71.0 Å². The van der Waals surface area contributed by atoms with Crippen LogP contribution in [0, 0.1) is 0 Å². The lowest BCUT2D eigenvalue weighted by Gasteiger charge is -2.34. The first kappa shape index (κ1) is 18.7. The summed E-state index contributed by atoms with van der Waals surface area (Å²) >= 11 is 3.38. The van der Waals surface area contributed by atoms with Crippen LogP contribution in [0.3, 0.4) is 0 Å². The molecule has 4 rings (SSSR count). The molecule has 0 saturated carbocycles. The number of piperazine rings is 1. The molecule has 1 aliphatic rings. The minimum Gasteiger partial charge on any atom is -0.369 e. The number of hydrogen-bond acceptors (Lipinski definition) is 4. The molecule has 6 nitrogen and oxygen atoms in total. The van der Waals surface area contributed by atoms with Crippen LogP contribution in [-0.2, 0) is 0 Å². The molecule has 1 N–H and O–H groups in total. The van der Waals surface area contributed by atoms with Crippen LogP contribution in [0.15, 0.2) is 65.4 Å². The van der Waals surface area contributed by atoms with Crippen molar-refractivity contribution in [2.24, 2.45) is 0 Å². The van der Waals surface area contributed by atoms with Gasteiger partial charge in [-0.3, -0.25) is 4.79 Å². The standard InChI is InChI=1S/C21H22BrN5O/c1-25-10-12-26(13-11-25)19-8-4-18(5-9-19)24-21(28)16-2-6-20(7-3-16)27-15-17(22)14-23-27/h2-9,14-15H,10-13H2,1H3,(H,24,28). The summed E-state index contributed by atoms with van der Waals surface area (Å²) in [5.74, 6) is -0.124. The Morgan fingerprint density at radius 3 is 2.21 bits per heavy atom. The van der Waals surface area contributed by atoms with E-state index in [9.17, 15) is 4.79 Å². The van der Waals surface area contributed by atoms with Crippen molar-refractivity contribution < 1.29 is 4.79 Å². The normalized spacial score (nSPS) is 14.9. The Labute approximate surface area is 172 Å². The number of halogens is 1. The molecule has 1 aliphatic heterocycles. The minimum atomic E-state index is -0.124. The Morgan fingerprint density at radius 1 is 0.964 bits per heavy atom. The zero-order chi connectivity index (χ0) is 19.5. The maximum atomic E-state index is 12.5. The lowest BCUT2D eigenvalue weighted by atomic mass is 10.2. The van der Waals surface area contributed by atoms with Gasteiger partial charge in [0, 0.05) is 49.3 Å². The van der Waals surface area contributed by atoms with Crippen LogP contribution in [0.25, 0.3) is 5.69 Å². The molecule has 3 aromatic rings. The fourth-order valence-electron chi connectivity index (χ4n) is 3.23. The van der Waals surface area contributed by atoms with Gasteiger partial charge in [-0.25, -0.2) is 4.68 Å². The largest absolute Gasteiger partial charge is 0.369 e. The summed E-state index contributed by atoms with van der Waals surface area (Å²) in [5, 5.41) is 7.20. The molecule has 0 bridgehead atoms. The number of amides is 1. The van der Waals surface area contributed by atoms with Gasteiger partial charge >= 0.3 is 0 Å². The Balaban J connectivity index is 1.39. The van der Waals surface area contributed by atoms with Gasteiger partial charge in [-0.15, -0.1) is 0 Å². The fourth-order valence-corrected chi connectivity index (χ4v) is 3.52. The second kappa shape index (κ2) is 8.16. The third-order valence-corrected chi connectivity index (χ3v) is 5.35. The van der Waals surface area contributed by atoms with Crippen molar-refractivity contribution in [3.63, 3.8) is 0 Å². The van der Waals surface area contributed by atoms with E-state index in [2.05, 4.69) is 55.3 Å². The van der Waals surface area contributed by atoms with Gasteiger partial charge in [-0.1, -0.05) is 0 Å². The molecule has 0 unspecified atom stereocenters. The Morgan fingerprint density at radius 2 is 1.61 bits per heavy atom. The number of rotatable bonds is 4. The molecular formula is C21H22BrN5O. The first-order valence-electron chi connectivity index (χ1n) is 9.24. The molecule has 0 aliphatic carbocycles. The SMILES string of the molecule is CN1CCN(c2ccc(NC(=O)c3ccc(-n4cc(Br)cn4)cc3)cc2)CC1. The molecule has 2 aromatic carbocycles. The maximum Gasteiger partial charge on any atom is 0.255 e. The van der Waals surface area contributed by atoms with E-state index in [1.54, 1.807) is 23.0 Å². The number of benzene rings is 2. The van der Waals surface area contributed by atoms with Crippen LogP contribution in [0.4, 0.5) is 11.4 Å². The minimum absolute atomic E-state index is 0.124. The molecule has 144 valence electrons. The number of carbonyl (C=O) groups excluding carboxylic acids is 1. The van der Waals surface area contributed by atoms with E-state index in [4.69, 9.17) is 0 Å². The number of nitrogens with zero attached hydrogens (tertiary/aromatic N) is 4. The molecule has 1 amide bonds. The summed E-state index contributed by atoms with van der Waals surface area (Å²) in [6.07, 6.45) is 3.60. The van der Waals surface area contributed by atoms with Crippen LogP contribution < -0.4 is 10.2 Å². The number of hydrogen-bond donors (Lipinski definition) is 1. The molecule has 2 heterocycles. The van der Waals surface area contributed by atoms with E-state index in [-0.39, 0.29) is 5.91 Å². The zero-order valence-corrected chi connectivity index (χ0v) is 17.3. The van der Waals surface area contributed by atoms with E-state index >= 15 is 0 Å². The summed E-state index contributed by atoms with van der Waals surface area (Å²) in [7, 11) is 2.15. The summed E-state index contributed by atoms with van der Waals surface area (Å²) in [6.45, 7) is 4.21. The van der Waals surface area contributed by atoms with Crippen LogP contribution in [-0.4, -0.2) is 53.8 Å². The van der Waals surface area contributed by atoms with Crippen LogP contribution >= 0.6 is 15.9 Å². The molecule has 0 atom stereocenters. The second-order valence-electron chi connectivity index (χ2n) is 6.94. The lowest BCUT2D eigenvalue weighted by molar-refractivity contribution is 0.102. The van der Waals surface area contributed by atoms with Crippen molar-refractivity contribution in [3.8, 4) is 5.69 Å². The zero-order valence-electron chi connectivity index (χ0n) is 15.7. The molecule has 0 radical (unpaired) electrons. The van der Waals surface area contributed by atoms with Gasteiger partial charge in [0.1, 0.15) is 0 Å². The van der Waals surface area contributed by atoms with Gasteiger partial charge in [-0.2, -0.15) is 5.10 Å². The van der Waals surface area contributed by atoms with Crippen molar-refractivity contribution >= 4 is 33.2 Å². The van der Waals surface area contributed by atoms with E-state index in [0.717, 1.165) is 42.0 Å². The summed E-state index contributed by atoms with van der Waals surface area (Å²) in [4.78, 5) is 17.2. The summed E-state index contributed by atoms with van der Waals surface area (Å²) in [5.41, 5.74) is 3.50. The molecule has 28 heavy (non-hydrogen) atoms. The number of aromatic nitrogens is 2. The van der Waals surface area contributed by atoms with Gasteiger partial charge in [0.15, 0.2) is 0 Å². The first-order valence-corrected chi connectivity index (χ1v) is 10.0. The van der Waals surface area contributed by atoms with Crippen molar-refractivity contribution in [2.45, 2.75) is 0 Å². The van der Waals surface area contributed by atoms with E-state index < -0.39 is 0 Å². The highest BCUT2D eigenvalue weighted by Crippen LogP contribution is 2.20. The number of nitrogens with one attached hydrogen (secondary N) is 1. The summed E-state index contributed by atoms with van der Waals surface area (Å²) < 4.78 is 2.66. The molecule has 1 saturated heterocycles. The van der Waals surface area contributed by atoms with Crippen molar-refractivity contribution in [1.29, 1.82) is 0 Å². The Bertz CT molecular complexity index is 944. The highest BCUT2D eigenvalue weighted by atomic mass is 79.9. The molecule has 7 heteroatoms. The third-order valence-electron chi connectivity index (χ3n) is 4.94. The van der Waals surface area contributed by atoms with Crippen LogP contribution in [0.1, 0.15) is 10.4 Å². The highest BCUT2D eigenvalue weighted by Gasteiger charge is 2.14. The average Bonchev–Trinajstić information content (AvgIpc) is 3.16. The number of anilines is 2. The predicted molar refractivity (Wildman–Crippen MR) is 115 cm³/mol. The number of likely N-dealkylation sites (N-methyl/N-ethyl adjacent to an activating group) is 1. The molecule has 1 aromatic heterocycles. The first-order chi connectivity index (χ1) is 13.6. The Kier molecular flexibility index (Phi) is 5.45. The smallest absolute Gasteiger partial charge is 0.255 e. The van der Waals surface area contributed by atoms with Crippen molar-refractivity contribution in [2.75, 3.05) is 43.4 Å². The Hall–Kier alpha value is -2.64. The van der Waals surface area contributed by atoms with Gasteiger partial charge in [0.05, 0.1) is 16.4 Å². The van der Waals surface area contributed by atoms with Gasteiger partial charge in [-0.05, 0) is 71.5 Å². The van der Waals surface area contributed by atoms with Gasteiger partial charge < -0.3 is 15.1 Å². The summed E-state index contributed by atoms with van der Waals surface area (Å²) in [6, 6.07) is 15.4. The predicted octanol–water partition coefficient (Wildman–Crippen LogP) is 3.64. The van der Waals surface area contributed by atoms with Crippen molar-refractivity contribution in [1.82, 2.24) is 14.7 Å². The number of carbonyl (C=O) groups is 1. The monoisotopic (exact) mass is 439 g/mol. The molecule has 1 fully saturated rings. The highest BCUT2D eigenvalue weighted by molar-refractivity contribution is 9.10. The average molecular weight is 440 g/mol. The van der Waals surface area contributed by atoms with Gasteiger partial charge in [0.2, 0.25) is 0 Å². The third kappa shape index (κ3) is 4.26. The second-order valence-corrected chi connectivity index (χ2v) is 7.86. The molecular weight excluding hydrogens is 418 g/mol. The fraction of sp³-hybridized carbons (Fsp3) is 0.238. The van der Waals surface area contributed by atoms with E-state index in [1.807, 2.05) is 30.5 Å². The van der Waals surface area contributed by atoms with Crippen LogP contribution in [0.5, 0.6) is 0 Å². The van der Waals surface area contributed by atoms with Crippen LogP contribution in [0.2, 0.25) is 0 Å². The van der Waals surface area contributed by atoms with E-state index in [1.165, 1.54) is 5.69 Å². The van der Waals surface area contributed by atoms with Gasteiger partial charge in [0.25, 0.3) is 5.91 Å². The maximum absolute atomic E-state index is 12.5. The van der Waals surface area contributed by atoms with E-state index in [0.29, 0.717) is 5.56 Å². The topological polar surface area (TPSA) is 53.4 Å². The molecule has 0 spiro atoms. The quantitative estimate of drug-likeness (QED) is 0.673. The lowest BCUT2D eigenvalue weighted by Crippen LogP contribution is -2.44.